The Morgan fingerprint density at radius 3 is 2.70 bits per heavy atom. The van der Waals surface area contributed by atoms with Gasteiger partial charge in [0.2, 0.25) is 0 Å². The molecule has 110 valence electrons. The summed E-state index contributed by atoms with van der Waals surface area (Å²) in [5.41, 5.74) is -0.593. The van der Waals surface area contributed by atoms with E-state index in [1.54, 1.807) is 18.8 Å². The summed E-state index contributed by atoms with van der Waals surface area (Å²) in [4.78, 5) is 23.8. The molecule has 0 heterocycles. The van der Waals surface area contributed by atoms with Crippen molar-refractivity contribution in [1.29, 1.82) is 0 Å². The molecule has 1 amide bonds. The average molecular weight is 301 g/mol. The third-order valence-electron chi connectivity index (χ3n) is 2.76. The maximum Gasteiger partial charge on any atom is 0.285 e. The molecule has 0 radical (unpaired) electrons. The number of nitrogens with zero attached hydrogens (tertiary/aromatic N) is 2. The molecule has 1 rings (SSSR count). The second-order valence-corrected chi connectivity index (χ2v) is 5.06. The monoisotopic (exact) mass is 301 g/mol. The third kappa shape index (κ3) is 3.60. The molecule has 0 saturated carbocycles. The zero-order chi connectivity index (χ0) is 15.3. The molecule has 0 unspecified atom stereocenters. The molecule has 0 bridgehead atoms. The molecule has 8 heteroatoms. The number of halogens is 1. The third-order valence-corrected chi connectivity index (χ3v) is 3.35. The number of hydrogen-bond donors (Lipinski definition) is 1. The van der Waals surface area contributed by atoms with Gasteiger partial charge in [0.1, 0.15) is 5.56 Å². The van der Waals surface area contributed by atoms with E-state index in [9.17, 15) is 19.3 Å². The first kappa shape index (κ1) is 16.2. The van der Waals surface area contributed by atoms with Crippen LogP contribution in [0, 0.1) is 15.9 Å². The molecular weight excluding hydrogens is 285 g/mol. The van der Waals surface area contributed by atoms with Crippen LogP contribution in [-0.4, -0.2) is 48.4 Å². The molecule has 0 aliphatic heterocycles. The standard InChI is InChI=1S/C12H16FN3O3S/c1-14-10-6-8(11(16(18)19)7-9(10)13)12(17)15(2)4-5-20-3/h6-7,14H,4-5H2,1-3H3. The summed E-state index contributed by atoms with van der Waals surface area (Å²) in [5, 5.41) is 13.5. The molecule has 1 aromatic carbocycles. The van der Waals surface area contributed by atoms with Gasteiger partial charge in [-0.1, -0.05) is 0 Å². The van der Waals surface area contributed by atoms with Gasteiger partial charge in [-0.3, -0.25) is 14.9 Å². The Balaban J connectivity index is 3.20. The van der Waals surface area contributed by atoms with Crippen LogP contribution in [0.4, 0.5) is 15.8 Å². The Labute approximate surface area is 120 Å². The number of amides is 1. The minimum Gasteiger partial charge on any atom is -0.386 e. The van der Waals surface area contributed by atoms with E-state index >= 15 is 0 Å². The summed E-state index contributed by atoms with van der Waals surface area (Å²) in [5.74, 6) is -0.541. The van der Waals surface area contributed by atoms with Crippen molar-refractivity contribution in [3.05, 3.63) is 33.6 Å². The Bertz CT molecular complexity index is 525. The van der Waals surface area contributed by atoms with E-state index in [1.807, 2.05) is 6.26 Å². The number of nitro benzene ring substituents is 1. The smallest absolute Gasteiger partial charge is 0.285 e. The van der Waals surface area contributed by atoms with Crippen LogP contribution in [0.25, 0.3) is 0 Å². The van der Waals surface area contributed by atoms with E-state index in [0.29, 0.717) is 6.54 Å². The van der Waals surface area contributed by atoms with Crippen molar-refractivity contribution >= 4 is 29.0 Å². The number of carbonyl (C=O) groups is 1. The van der Waals surface area contributed by atoms with Crippen LogP contribution < -0.4 is 5.32 Å². The van der Waals surface area contributed by atoms with Gasteiger partial charge < -0.3 is 10.2 Å². The summed E-state index contributed by atoms with van der Waals surface area (Å²) >= 11 is 1.56. The molecule has 0 aliphatic carbocycles. The summed E-state index contributed by atoms with van der Waals surface area (Å²) in [7, 11) is 3.04. The van der Waals surface area contributed by atoms with Crippen molar-refractivity contribution in [2.45, 2.75) is 0 Å². The normalized spacial score (nSPS) is 10.2. The van der Waals surface area contributed by atoms with Crippen LogP contribution in [0.3, 0.4) is 0 Å². The Morgan fingerprint density at radius 1 is 1.55 bits per heavy atom. The molecule has 0 spiro atoms. The van der Waals surface area contributed by atoms with Gasteiger partial charge in [-0.25, -0.2) is 4.39 Å². The lowest BCUT2D eigenvalue weighted by atomic mass is 10.1. The number of thioether (sulfide) groups is 1. The van der Waals surface area contributed by atoms with Crippen molar-refractivity contribution in [2.75, 3.05) is 38.0 Å². The summed E-state index contributed by atoms with van der Waals surface area (Å²) in [6.07, 6.45) is 1.90. The first-order chi connectivity index (χ1) is 9.42. The van der Waals surface area contributed by atoms with E-state index in [-0.39, 0.29) is 11.3 Å². The minimum absolute atomic E-state index is 0.0530. The summed E-state index contributed by atoms with van der Waals surface area (Å²) in [6.45, 7) is 0.462. The topological polar surface area (TPSA) is 75.5 Å². The van der Waals surface area contributed by atoms with E-state index in [0.717, 1.165) is 11.8 Å². The van der Waals surface area contributed by atoms with Crippen molar-refractivity contribution in [3.63, 3.8) is 0 Å². The zero-order valence-corrected chi connectivity index (χ0v) is 12.3. The Kier molecular flexibility index (Phi) is 5.75. The molecular formula is C12H16FN3O3S. The van der Waals surface area contributed by atoms with Gasteiger partial charge in [0.05, 0.1) is 16.7 Å². The lowest BCUT2D eigenvalue weighted by Crippen LogP contribution is -2.29. The van der Waals surface area contributed by atoms with Gasteiger partial charge in [-0.15, -0.1) is 0 Å². The van der Waals surface area contributed by atoms with E-state index in [2.05, 4.69) is 5.32 Å². The van der Waals surface area contributed by atoms with Crippen LogP contribution in [0.1, 0.15) is 10.4 Å². The lowest BCUT2D eigenvalue weighted by molar-refractivity contribution is -0.385. The number of carbonyl (C=O) groups excluding carboxylic acids is 1. The van der Waals surface area contributed by atoms with Gasteiger partial charge in [0.15, 0.2) is 5.82 Å². The van der Waals surface area contributed by atoms with Crippen molar-refractivity contribution < 1.29 is 14.1 Å². The van der Waals surface area contributed by atoms with E-state index < -0.39 is 22.3 Å². The van der Waals surface area contributed by atoms with Crippen LogP contribution in [0.2, 0.25) is 0 Å². The highest BCUT2D eigenvalue weighted by molar-refractivity contribution is 7.98. The maximum absolute atomic E-state index is 13.6. The largest absolute Gasteiger partial charge is 0.386 e. The molecule has 0 aliphatic rings. The van der Waals surface area contributed by atoms with Crippen LogP contribution >= 0.6 is 11.8 Å². The van der Waals surface area contributed by atoms with Gasteiger partial charge in [0.25, 0.3) is 11.6 Å². The fourth-order valence-corrected chi connectivity index (χ4v) is 2.07. The number of rotatable bonds is 6. The molecule has 0 aromatic heterocycles. The Hall–Kier alpha value is -1.83. The van der Waals surface area contributed by atoms with Crippen molar-refractivity contribution in [3.8, 4) is 0 Å². The highest BCUT2D eigenvalue weighted by Crippen LogP contribution is 2.26. The van der Waals surface area contributed by atoms with Gasteiger partial charge in [0, 0.05) is 26.4 Å². The van der Waals surface area contributed by atoms with Crippen LogP contribution in [-0.2, 0) is 0 Å². The predicted octanol–water partition coefficient (Wildman–Crippen LogP) is 2.21. The molecule has 1 aromatic rings. The zero-order valence-electron chi connectivity index (χ0n) is 11.5. The maximum atomic E-state index is 13.6. The first-order valence-corrected chi connectivity index (χ1v) is 7.21. The average Bonchev–Trinajstić information content (AvgIpc) is 2.43. The highest BCUT2D eigenvalue weighted by atomic mass is 32.2. The highest BCUT2D eigenvalue weighted by Gasteiger charge is 2.25. The summed E-state index contributed by atoms with van der Waals surface area (Å²) in [6, 6.07) is 1.94. The van der Waals surface area contributed by atoms with Gasteiger partial charge in [-0.05, 0) is 12.3 Å². The molecule has 20 heavy (non-hydrogen) atoms. The van der Waals surface area contributed by atoms with E-state index in [4.69, 9.17) is 0 Å². The number of nitro groups is 1. The van der Waals surface area contributed by atoms with Crippen molar-refractivity contribution in [1.82, 2.24) is 4.90 Å². The second kappa shape index (κ2) is 7.09. The number of benzene rings is 1. The SMILES string of the molecule is CNc1cc(C(=O)N(C)CCSC)c([N+](=O)[O-])cc1F. The van der Waals surface area contributed by atoms with E-state index in [1.165, 1.54) is 18.0 Å². The van der Waals surface area contributed by atoms with Crippen molar-refractivity contribution in [2.24, 2.45) is 0 Å². The molecule has 0 fully saturated rings. The van der Waals surface area contributed by atoms with Crippen LogP contribution in [0.5, 0.6) is 0 Å². The second-order valence-electron chi connectivity index (χ2n) is 4.08. The number of anilines is 1. The fourth-order valence-electron chi connectivity index (χ4n) is 1.61. The first-order valence-electron chi connectivity index (χ1n) is 5.82. The van der Waals surface area contributed by atoms with Gasteiger partial charge in [-0.2, -0.15) is 11.8 Å². The van der Waals surface area contributed by atoms with Gasteiger partial charge >= 0.3 is 0 Å². The molecule has 0 atom stereocenters. The number of nitrogens with one attached hydrogen (secondary N) is 1. The predicted molar refractivity (Wildman–Crippen MR) is 77.9 cm³/mol. The molecule has 1 N–H and O–H groups in total. The summed E-state index contributed by atoms with van der Waals surface area (Å²) < 4.78 is 13.6. The molecule has 6 nitrogen and oxygen atoms in total. The number of hydrogen-bond acceptors (Lipinski definition) is 5. The minimum atomic E-state index is -0.762. The van der Waals surface area contributed by atoms with Crippen LogP contribution in [0.15, 0.2) is 12.1 Å². The molecule has 0 saturated heterocycles. The lowest BCUT2D eigenvalue weighted by Gasteiger charge is -2.17. The Morgan fingerprint density at radius 2 is 2.20 bits per heavy atom. The fraction of sp³-hybridized carbons (Fsp3) is 0.417. The quantitative estimate of drug-likeness (QED) is 0.644.